The smallest absolute Gasteiger partial charge is 0.256 e. The SMILES string of the molecule is BBc1cc(NC(=O)c2ccc(O)c(O)c2C)cc(C)c1O. The second-order valence-electron chi connectivity index (χ2n) is 5.21. The summed E-state index contributed by atoms with van der Waals surface area (Å²) >= 11 is 0. The lowest BCUT2D eigenvalue weighted by molar-refractivity contribution is 0.102. The van der Waals surface area contributed by atoms with E-state index in [1.165, 1.54) is 12.1 Å². The number of anilines is 1. The number of carbonyl (C=O) groups excluding carboxylic acids is 1. The normalized spacial score (nSPS) is 10.3. The van der Waals surface area contributed by atoms with Gasteiger partial charge < -0.3 is 20.6 Å². The molecule has 0 aliphatic heterocycles. The molecule has 0 unspecified atom stereocenters. The lowest BCUT2D eigenvalue weighted by Gasteiger charge is -2.12. The van der Waals surface area contributed by atoms with Crippen LogP contribution in [0.3, 0.4) is 0 Å². The van der Waals surface area contributed by atoms with Crippen molar-refractivity contribution in [2.75, 3.05) is 5.32 Å². The molecule has 0 spiro atoms. The van der Waals surface area contributed by atoms with Gasteiger partial charge in [0.25, 0.3) is 5.91 Å². The van der Waals surface area contributed by atoms with Crippen LogP contribution in [0.15, 0.2) is 24.3 Å². The van der Waals surface area contributed by atoms with Gasteiger partial charge in [0.05, 0.1) is 7.74 Å². The predicted octanol–water partition coefficient (Wildman–Crippen LogP) is 0.282. The zero-order chi connectivity index (χ0) is 16.4. The van der Waals surface area contributed by atoms with Gasteiger partial charge in [-0.15, -0.1) is 0 Å². The summed E-state index contributed by atoms with van der Waals surface area (Å²) in [5.41, 5.74) is 2.59. The number of carbonyl (C=O) groups is 1. The van der Waals surface area contributed by atoms with Crippen molar-refractivity contribution in [3.63, 3.8) is 0 Å². The number of benzene rings is 2. The molecule has 4 N–H and O–H groups in total. The fourth-order valence-electron chi connectivity index (χ4n) is 2.32. The summed E-state index contributed by atoms with van der Waals surface area (Å²) in [6.45, 7) is 3.32. The van der Waals surface area contributed by atoms with Gasteiger partial charge >= 0.3 is 0 Å². The van der Waals surface area contributed by atoms with Gasteiger partial charge in [-0.25, -0.2) is 0 Å². The van der Waals surface area contributed by atoms with E-state index in [9.17, 15) is 20.1 Å². The first-order valence-corrected chi connectivity index (χ1v) is 7.00. The molecule has 0 heterocycles. The fraction of sp³-hybridized carbons (Fsp3) is 0.133. The van der Waals surface area contributed by atoms with E-state index < -0.39 is 0 Å². The van der Waals surface area contributed by atoms with E-state index in [1.807, 2.05) is 7.74 Å². The van der Waals surface area contributed by atoms with E-state index in [1.54, 1.807) is 26.0 Å². The Balaban J connectivity index is 2.34. The minimum absolute atomic E-state index is 0.235. The number of phenols is 3. The number of phenolic OH excluding ortho intramolecular Hbond substituents is 3. The molecular formula is C15H17B2NO4. The third-order valence-corrected chi connectivity index (χ3v) is 3.67. The van der Waals surface area contributed by atoms with E-state index >= 15 is 0 Å². The summed E-state index contributed by atoms with van der Waals surface area (Å²) in [5.74, 6) is -0.717. The van der Waals surface area contributed by atoms with E-state index in [0.717, 1.165) is 5.46 Å². The van der Waals surface area contributed by atoms with Crippen molar-refractivity contribution < 1.29 is 20.1 Å². The molecule has 0 atom stereocenters. The summed E-state index contributed by atoms with van der Waals surface area (Å²) < 4.78 is 0. The van der Waals surface area contributed by atoms with Crippen molar-refractivity contribution >= 4 is 32.0 Å². The minimum Gasteiger partial charge on any atom is -0.508 e. The van der Waals surface area contributed by atoms with Crippen LogP contribution < -0.4 is 10.8 Å². The van der Waals surface area contributed by atoms with Crippen LogP contribution in [0, 0.1) is 13.8 Å². The maximum atomic E-state index is 12.3. The Morgan fingerprint density at radius 3 is 2.45 bits per heavy atom. The molecule has 1 amide bonds. The highest BCUT2D eigenvalue weighted by molar-refractivity contribution is 6.98. The lowest BCUT2D eigenvalue weighted by Crippen LogP contribution is -2.19. The molecule has 0 saturated carbocycles. The highest BCUT2D eigenvalue weighted by atomic mass is 16.3. The number of rotatable bonds is 3. The maximum absolute atomic E-state index is 12.3. The van der Waals surface area contributed by atoms with E-state index in [4.69, 9.17) is 0 Å². The number of aryl methyl sites for hydroxylation is 1. The van der Waals surface area contributed by atoms with Gasteiger partial charge in [-0.2, -0.15) is 0 Å². The Bertz CT molecular complexity index is 747. The van der Waals surface area contributed by atoms with Gasteiger partial charge in [0, 0.05) is 16.8 Å². The minimum atomic E-state index is -0.389. The van der Waals surface area contributed by atoms with Crippen molar-refractivity contribution in [2.24, 2.45) is 0 Å². The van der Waals surface area contributed by atoms with Crippen molar-refractivity contribution in [1.29, 1.82) is 0 Å². The third-order valence-electron chi connectivity index (χ3n) is 3.67. The number of nitrogens with one attached hydrogen (secondary N) is 1. The summed E-state index contributed by atoms with van der Waals surface area (Å²) in [7, 11) is 2.57. The zero-order valence-corrected chi connectivity index (χ0v) is 12.8. The Morgan fingerprint density at radius 1 is 1.14 bits per heavy atom. The molecule has 2 aromatic carbocycles. The Kier molecular flexibility index (Phi) is 4.35. The van der Waals surface area contributed by atoms with Crippen LogP contribution in [0.1, 0.15) is 21.5 Å². The van der Waals surface area contributed by atoms with Crippen LogP contribution in [0.4, 0.5) is 5.69 Å². The molecule has 0 bridgehead atoms. The molecule has 0 fully saturated rings. The molecule has 0 aliphatic carbocycles. The average Bonchev–Trinajstić information content (AvgIpc) is 2.48. The quantitative estimate of drug-likeness (QED) is 0.372. The van der Waals surface area contributed by atoms with Crippen LogP contribution >= 0.6 is 0 Å². The molecule has 0 saturated heterocycles. The number of hydrogen-bond acceptors (Lipinski definition) is 4. The van der Waals surface area contributed by atoms with Gasteiger partial charge in [-0.05, 0) is 43.7 Å². The third kappa shape index (κ3) is 2.88. The summed E-state index contributed by atoms with van der Waals surface area (Å²) in [6, 6.07) is 6.13. The monoisotopic (exact) mass is 297 g/mol. The Morgan fingerprint density at radius 2 is 1.82 bits per heavy atom. The topological polar surface area (TPSA) is 89.8 Å². The maximum Gasteiger partial charge on any atom is 0.256 e. The van der Waals surface area contributed by atoms with E-state index in [0.29, 0.717) is 24.0 Å². The van der Waals surface area contributed by atoms with Crippen molar-refractivity contribution in [3.8, 4) is 17.2 Å². The standard InChI is InChI=1S/C15H17B2NO4/c1-7-5-9(6-11(17-16)13(7)20)18-15(22)10-3-4-12(19)14(21)8(10)2/h3-6,17,19-21H,16H2,1-2H3,(H,18,22). The largest absolute Gasteiger partial charge is 0.508 e. The lowest BCUT2D eigenvalue weighted by atomic mass is 9.51. The van der Waals surface area contributed by atoms with Crippen LogP contribution in [0.25, 0.3) is 0 Å². The van der Waals surface area contributed by atoms with Crippen molar-refractivity contribution in [2.45, 2.75) is 13.8 Å². The van der Waals surface area contributed by atoms with Crippen LogP contribution in [-0.4, -0.2) is 36.1 Å². The molecular weight excluding hydrogens is 280 g/mol. The number of aromatic hydroxyl groups is 3. The van der Waals surface area contributed by atoms with Gasteiger partial charge in [0.2, 0.25) is 0 Å². The first-order valence-electron chi connectivity index (χ1n) is 7.00. The molecule has 2 rings (SSSR count). The van der Waals surface area contributed by atoms with Gasteiger partial charge in [0.1, 0.15) is 12.9 Å². The highest BCUT2D eigenvalue weighted by Gasteiger charge is 2.15. The highest BCUT2D eigenvalue weighted by Crippen LogP contribution is 2.31. The van der Waals surface area contributed by atoms with Gasteiger partial charge in [-0.3, -0.25) is 4.79 Å². The van der Waals surface area contributed by atoms with E-state index in [-0.39, 0.29) is 28.7 Å². The summed E-state index contributed by atoms with van der Waals surface area (Å²) in [5, 5.41) is 31.8. The van der Waals surface area contributed by atoms with Crippen LogP contribution in [-0.2, 0) is 0 Å². The van der Waals surface area contributed by atoms with Crippen molar-refractivity contribution in [3.05, 3.63) is 41.0 Å². The molecule has 0 aliphatic rings. The molecule has 5 nitrogen and oxygen atoms in total. The van der Waals surface area contributed by atoms with Crippen LogP contribution in [0.5, 0.6) is 17.2 Å². The van der Waals surface area contributed by atoms with Gasteiger partial charge in [-0.1, -0.05) is 5.46 Å². The summed E-state index contributed by atoms with van der Waals surface area (Å²) in [6.07, 6.45) is 0. The number of hydrogen-bond donors (Lipinski definition) is 4. The first-order chi connectivity index (χ1) is 10.3. The fourth-order valence-corrected chi connectivity index (χ4v) is 2.32. The molecule has 0 aromatic heterocycles. The Hall–Kier alpha value is -2.56. The molecule has 2 aromatic rings. The molecule has 7 heteroatoms. The number of amides is 1. The molecule has 0 radical (unpaired) electrons. The zero-order valence-electron chi connectivity index (χ0n) is 12.8. The summed E-state index contributed by atoms with van der Waals surface area (Å²) in [4.78, 5) is 12.3. The first kappa shape index (κ1) is 15.8. The van der Waals surface area contributed by atoms with Crippen molar-refractivity contribution in [1.82, 2.24) is 0 Å². The van der Waals surface area contributed by atoms with Gasteiger partial charge in [0.15, 0.2) is 11.5 Å². The molecule has 112 valence electrons. The van der Waals surface area contributed by atoms with Crippen LogP contribution in [0.2, 0.25) is 0 Å². The Labute approximate surface area is 130 Å². The second kappa shape index (κ2) is 6.05. The van der Waals surface area contributed by atoms with E-state index in [2.05, 4.69) is 5.32 Å². The molecule has 22 heavy (non-hydrogen) atoms. The predicted molar refractivity (Wildman–Crippen MR) is 90.6 cm³/mol. The average molecular weight is 297 g/mol. The second-order valence-corrected chi connectivity index (χ2v) is 5.21.